The first-order valence-corrected chi connectivity index (χ1v) is 13.3. The Labute approximate surface area is 234 Å². The van der Waals surface area contributed by atoms with E-state index in [-0.39, 0.29) is 12.5 Å². The second kappa shape index (κ2) is 13.8. The second-order valence-electron chi connectivity index (χ2n) is 9.91. The molecule has 12 heteroatoms. The van der Waals surface area contributed by atoms with E-state index in [1.807, 2.05) is 41.3 Å². The van der Waals surface area contributed by atoms with Crippen molar-refractivity contribution < 1.29 is 14.7 Å². The van der Waals surface area contributed by atoms with Crippen molar-refractivity contribution in [3.8, 4) is 11.3 Å². The number of pyridine rings is 1. The van der Waals surface area contributed by atoms with E-state index in [1.54, 1.807) is 31.4 Å². The third-order valence-corrected chi connectivity index (χ3v) is 6.62. The van der Waals surface area contributed by atoms with Gasteiger partial charge in [0.25, 0.3) is 5.91 Å². The van der Waals surface area contributed by atoms with Crippen molar-refractivity contribution in [2.75, 3.05) is 70.5 Å². The van der Waals surface area contributed by atoms with Crippen molar-refractivity contribution in [1.29, 1.82) is 0 Å². The molecule has 1 saturated heterocycles. The number of nitrogens with zero attached hydrogens (tertiary/aromatic N) is 6. The van der Waals surface area contributed by atoms with Gasteiger partial charge in [-0.3, -0.25) is 19.4 Å². The van der Waals surface area contributed by atoms with Gasteiger partial charge in [0.05, 0.1) is 12.2 Å². The number of benzene rings is 1. The zero-order chi connectivity index (χ0) is 28.5. The van der Waals surface area contributed by atoms with E-state index in [0.717, 1.165) is 54.4 Å². The van der Waals surface area contributed by atoms with Gasteiger partial charge < -0.3 is 26.4 Å². The highest BCUT2D eigenvalue weighted by atomic mass is 16.4. The monoisotopic (exact) mass is 547 g/mol. The number of carbonyl (C=O) groups excluding carboxylic acids is 1. The number of nitrogens with two attached hydrogens (primary N) is 1. The Hall–Kier alpha value is -4.13. The maximum Gasteiger partial charge on any atom is 0.317 e. The third kappa shape index (κ3) is 7.94. The van der Waals surface area contributed by atoms with E-state index in [1.165, 1.54) is 0 Å². The van der Waals surface area contributed by atoms with Gasteiger partial charge in [0.1, 0.15) is 5.82 Å². The van der Waals surface area contributed by atoms with Crippen molar-refractivity contribution in [3.05, 3.63) is 59.9 Å². The van der Waals surface area contributed by atoms with Crippen LogP contribution >= 0.6 is 0 Å². The first kappa shape index (κ1) is 28.9. The lowest BCUT2D eigenvalue weighted by atomic mass is 10.0. The van der Waals surface area contributed by atoms with Gasteiger partial charge in [-0.15, -0.1) is 0 Å². The Morgan fingerprint density at radius 3 is 2.50 bits per heavy atom. The first-order valence-electron chi connectivity index (χ1n) is 13.3. The van der Waals surface area contributed by atoms with E-state index < -0.39 is 5.97 Å². The summed E-state index contributed by atoms with van der Waals surface area (Å²) < 4.78 is 0. The quantitative estimate of drug-likeness (QED) is 0.246. The van der Waals surface area contributed by atoms with Gasteiger partial charge in [-0.2, -0.15) is 0 Å². The number of amides is 1. The summed E-state index contributed by atoms with van der Waals surface area (Å²) in [5.74, 6) is 0.328. The van der Waals surface area contributed by atoms with Crippen molar-refractivity contribution >= 4 is 29.3 Å². The van der Waals surface area contributed by atoms with Crippen LogP contribution in [0, 0.1) is 0 Å². The lowest BCUT2D eigenvalue weighted by Gasteiger charge is -2.34. The molecule has 40 heavy (non-hydrogen) atoms. The molecule has 1 amide bonds. The Morgan fingerprint density at radius 1 is 1.05 bits per heavy atom. The number of carboxylic acids is 1. The lowest BCUT2D eigenvalue weighted by Crippen LogP contribution is -2.47. The van der Waals surface area contributed by atoms with Crippen LogP contribution in [0.2, 0.25) is 0 Å². The molecular weight excluding hydrogens is 510 g/mol. The molecule has 12 nitrogen and oxygen atoms in total. The Balaban J connectivity index is 1.48. The first-order chi connectivity index (χ1) is 19.3. The standard InChI is InChI=1S/C28H37N9O3/c1-35(2)27(40)23-6-5-22(16-21(23)18-36-12-14-37(15-13-36)19-26(38)39)33-28-31-11-8-24(34-28)20-4-7-25(32-17-20)30-10-3-9-29/h4-8,11,16-17H,3,9-10,12-15,18-19,29H2,1-2H3,(H,30,32)(H,38,39)(H,31,33,34). The zero-order valence-corrected chi connectivity index (χ0v) is 23.0. The predicted octanol–water partition coefficient (Wildman–Crippen LogP) is 1.95. The van der Waals surface area contributed by atoms with Gasteiger partial charge in [0.2, 0.25) is 5.95 Å². The molecule has 0 bridgehead atoms. The summed E-state index contributed by atoms with van der Waals surface area (Å²) in [7, 11) is 3.47. The summed E-state index contributed by atoms with van der Waals surface area (Å²) in [6.07, 6.45) is 4.34. The summed E-state index contributed by atoms with van der Waals surface area (Å²) in [6, 6.07) is 11.3. The fourth-order valence-electron chi connectivity index (χ4n) is 4.47. The topological polar surface area (TPSA) is 153 Å². The molecule has 0 radical (unpaired) electrons. The molecule has 0 saturated carbocycles. The molecule has 3 aromatic rings. The van der Waals surface area contributed by atoms with Crippen molar-refractivity contribution in [1.82, 2.24) is 29.7 Å². The number of anilines is 3. The van der Waals surface area contributed by atoms with Gasteiger partial charge >= 0.3 is 5.97 Å². The number of hydrogen-bond acceptors (Lipinski definition) is 10. The van der Waals surface area contributed by atoms with Gasteiger partial charge in [-0.1, -0.05) is 0 Å². The minimum absolute atomic E-state index is 0.0442. The number of hydrogen-bond donors (Lipinski definition) is 4. The maximum absolute atomic E-state index is 12.9. The van der Waals surface area contributed by atoms with Crippen molar-refractivity contribution in [2.45, 2.75) is 13.0 Å². The number of piperazine rings is 1. The molecule has 1 aliphatic heterocycles. The third-order valence-electron chi connectivity index (χ3n) is 6.62. The Morgan fingerprint density at radius 2 is 1.82 bits per heavy atom. The summed E-state index contributed by atoms with van der Waals surface area (Å²) in [6.45, 7) is 4.80. The maximum atomic E-state index is 12.9. The number of aliphatic carboxylic acids is 1. The van der Waals surface area contributed by atoms with Crippen molar-refractivity contribution in [3.63, 3.8) is 0 Å². The normalized spacial score (nSPS) is 14.1. The smallest absolute Gasteiger partial charge is 0.317 e. The second-order valence-corrected chi connectivity index (χ2v) is 9.91. The summed E-state index contributed by atoms with van der Waals surface area (Å²) >= 11 is 0. The highest BCUT2D eigenvalue weighted by molar-refractivity contribution is 5.96. The molecule has 0 aliphatic carbocycles. The summed E-state index contributed by atoms with van der Waals surface area (Å²) in [4.78, 5) is 43.2. The molecule has 1 aliphatic rings. The van der Waals surface area contributed by atoms with Gasteiger partial charge in [0.15, 0.2) is 0 Å². The number of aromatic nitrogens is 3. The average molecular weight is 548 g/mol. The van der Waals surface area contributed by atoms with E-state index >= 15 is 0 Å². The molecule has 1 fully saturated rings. The van der Waals surface area contributed by atoms with Crippen LogP contribution < -0.4 is 16.4 Å². The molecule has 2 aromatic heterocycles. The fraction of sp³-hybridized carbons (Fsp3) is 0.393. The molecule has 0 unspecified atom stereocenters. The molecule has 1 aromatic carbocycles. The lowest BCUT2D eigenvalue weighted by molar-refractivity contribution is -0.138. The van der Waals surface area contributed by atoms with E-state index in [4.69, 9.17) is 10.8 Å². The van der Waals surface area contributed by atoms with Crippen LogP contribution in [-0.4, -0.2) is 107 Å². The number of rotatable bonds is 12. The number of carbonyl (C=O) groups is 2. The van der Waals surface area contributed by atoms with Crippen LogP contribution in [0.1, 0.15) is 22.3 Å². The van der Waals surface area contributed by atoms with Crippen molar-refractivity contribution in [2.24, 2.45) is 5.73 Å². The number of nitrogens with one attached hydrogen (secondary N) is 2. The molecule has 0 spiro atoms. The van der Waals surface area contributed by atoms with E-state index in [2.05, 4.69) is 30.5 Å². The minimum Gasteiger partial charge on any atom is -0.480 e. The molecular formula is C28H37N9O3. The van der Waals surface area contributed by atoms with E-state index in [9.17, 15) is 9.59 Å². The van der Waals surface area contributed by atoms with Gasteiger partial charge in [0, 0.05) is 82.6 Å². The van der Waals surface area contributed by atoms with E-state index in [0.29, 0.717) is 37.7 Å². The minimum atomic E-state index is -0.819. The average Bonchev–Trinajstić information content (AvgIpc) is 2.94. The number of carboxylic acid groups (broad SMARTS) is 1. The zero-order valence-electron chi connectivity index (χ0n) is 23.0. The van der Waals surface area contributed by atoms with Crippen LogP contribution in [-0.2, 0) is 11.3 Å². The van der Waals surface area contributed by atoms with Crippen LogP contribution in [0.15, 0.2) is 48.8 Å². The van der Waals surface area contributed by atoms with Crippen LogP contribution in [0.5, 0.6) is 0 Å². The fourth-order valence-corrected chi connectivity index (χ4v) is 4.47. The molecule has 5 N–H and O–H groups in total. The Bertz CT molecular complexity index is 1290. The SMILES string of the molecule is CN(C)C(=O)c1ccc(Nc2nccc(-c3ccc(NCCCN)nc3)n2)cc1CN1CCN(CC(=O)O)CC1. The van der Waals surface area contributed by atoms with Gasteiger partial charge in [-0.05, 0) is 54.9 Å². The molecule has 4 rings (SSSR count). The highest BCUT2D eigenvalue weighted by Gasteiger charge is 2.21. The van der Waals surface area contributed by atoms with Gasteiger partial charge in [-0.25, -0.2) is 15.0 Å². The predicted molar refractivity (Wildman–Crippen MR) is 155 cm³/mol. The molecule has 212 valence electrons. The van der Waals surface area contributed by atoms with Crippen LogP contribution in [0.3, 0.4) is 0 Å². The summed E-state index contributed by atoms with van der Waals surface area (Å²) in [5, 5.41) is 15.6. The highest BCUT2D eigenvalue weighted by Crippen LogP contribution is 2.24. The van der Waals surface area contributed by atoms with Crippen LogP contribution in [0.25, 0.3) is 11.3 Å². The Kier molecular flexibility index (Phi) is 9.95. The summed E-state index contributed by atoms with van der Waals surface area (Å²) in [5.41, 5.74) is 9.42. The largest absolute Gasteiger partial charge is 0.480 e. The van der Waals surface area contributed by atoms with Crippen LogP contribution in [0.4, 0.5) is 17.5 Å². The molecule has 0 atom stereocenters. The molecule has 3 heterocycles.